The monoisotopic (exact) mass is 451 g/mol. The number of carbonyl (C=O) groups excluding carboxylic acids is 5. The van der Waals surface area contributed by atoms with Crippen molar-refractivity contribution in [2.45, 2.75) is 58.3 Å². The Kier molecular flexibility index (Phi) is 8.71. The lowest BCUT2D eigenvalue weighted by Crippen LogP contribution is -2.67. The molecule has 1 heterocycles. The number of nitrogens with one attached hydrogen (secondary N) is 1. The van der Waals surface area contributed by atoms with Gasteiger partial charge in [-0.3, -0.25) is 24.0 Å². The minimum Gasteiger partial charge on any atom is -0.463 e. The van der Waals surface area contributed by atoms with Gasteiger partial charge in [0.1, 0.15) is 12.7 Å². The predicted octanol–water partition coefficient (Wildman–Crippen LogP) is 0.500. The smallest absolute Gasteiger partial charge is 0.305 e. The molecular weight excluding hydrogens is 426 g/mol. The molecule has 1 aliphatic rings. The molecular formula is C21H25NO10. The van der Waals surface area contributed by atoms with Crippen LogP contribution in [-0.2, 0) is 42.9 Å². The highest BCUT2D eigenvalue weighted by Crippen LogP contribution is 2.28. The first-order valence-electron chi connectivity index (χ1n) is 9.75. The Labute approximate surface area is 184 Å². The number of hydrogen-bond donors (Lipinski definition) is 1. The SMILES string of the molecule is CC(=O)OC[C@H]1O[C@H](OC(C)=O)[C@H](OC(C)=O)[C@@H](OC(C)=O)[C@@H]1NC(=O)c1ccccc1. The van der Waals surface area contributed by atoms with Gasteiger partial charge >= 0.3 is 23.9 Å². The highest BCUT2D eigenvalue weighted by molar-refractivity contribution is 5.94. The van der Waals surface area contributed by atoms with Crippen molar-refractivity contribution in [2.75, 3.05) is 6.61 Å². The van der Waals surface area contributed by atoms with Crippen LogP contribution in [0, 0.1) is 0 Å². The maximum atomic E-state index is 12.8. The van der Waals surface area contributed by atoms with Crippen molar-refractivity contribution in [1.82, 2.24) is 5.32 Å². The molecule has 1 N–H and O–H groups in total. The Morgan fingerprint density at radius 3 is 1.91 bits per heavy atom. The fourth-order valence-electron chi connectivity index (χ4n) is 3.15. The van der Waals surface area contributed by atoms with E-state index < -0.39 is 60.4 Å². The van der Waals surface area contributed by atoms with Crippen LogP contribution < -0.4 is 5.32 Å². The minimum absolute atomic E-state index is 0.298. The maximum absolute atomic E-state index is 12.8. The summed E-state index contributed by atoms with van der Waals surface area (Å²) in [5.74, 6) is -3.44. The standard InChI is InChI=1S/C21H25NO10/c1-11(23)28-10-16-17(22-20(27)15-8-6-5-7-9-15)18(29-12(2)24)19(30-13(3)25)21(32-16)31-14(4)26/h5-9,16-19,21H,10H2,1-4H3,(H,22,27)/t16-,17-,18+,19-,21+/m1/s1. The summed E-state index contributed by atoms with van der Waals surface area (Å²) in [6, 6.07) is 7.04. The Morgan fingerprint density at radius 1 is 0.812 bits per heavy atom. The van der Waals surface area contributed by atoms with Crippen molar-refractivity contribution >= 4 is 29.8 Å². The third kappa shape index (κ3) is 7.05. The fraction of sp³-hybridized carbons (Fsp3) is 0.476. The highest BCUT2D eigenvalue weighted by Gasteiger charge is 2.52. The molecule has 0 bridgehead atoms. The molecule has 0 saturated carbocycles. The quantitative estimate of drug-likeness (QED) is 0.460. The average Bonchev–Trinajstić information content (AvgIpc) is 2.70. The van der Waals surface area contributed by atoms with Gasteiger partial charge in [-0.15, -0.1) is 0 Å². The number of carbonyl (C=O) groups is 5. The van der Waals surface area contributed by atoms with E-state index >= 15 is 0 Å². The Hall–Kier alpha value is -3.47. The molecule has 1 fully saturated rings. The van der Waals surface area contributed by atoms with Crippen LogP contribution >= 0.6 is 0 Å². The lowest BCUT2D eigenvalue weighted by atomic mass is 9.95. The van der Waals surface area contributed by atoms with Crippen molar-refractivity contribution < 1.29 is 47.7 Å². The summed E-state index contributed by atoms with van der Waals surface area (Å²) in [6.07, 6.45) is -5.30. The average molecular weight is 451 g/mol. The predicted molar refractivity (Wildman–Crippen MR) is 106 cm³/mol. The van der Waals surface area contributed by atoms with Crippen LogP contribution in [0.1, 0.15) is 38.1 Å². The molecule has 2 rings (SSSR count). The Bertz CT molecular complexity index is 855. The molecule has 0 aromatic heterocycles. The fourth-order valence-corrected chi connectivity index (χ4v) is 3.15. The van der Waals surface area contributed by atoms with E-state index in [1.807, 2.05) is 0 Å². The molecule has 11 heteroatoms. The van der Waals surface area contributed by atoms with E-state index in [2.05, 4.69) is 5.32 Å². The lowest BCUT2D eigenvalue weighted by Gasteiger charge is -2.44. The van der Waals surface area contributed by atoms with Gasteiger partial charge in [0, 0.05) is 33.3 Å². The van der Waals surface area contributed by atoms with Gasteiger partial charge in [0.15, 0.2) is 6.10 Å². The first kappa shape index (κ1) is 24.8. The molecule has 32 heavy (non-hydrogen) atoms. The second-order valence-electron chi connectivity index (χ2n) is 6.97. The summed E-state index contributed by atoms with van der Waals surface area (Å²) < 4.78 is 26.4. The van der Waals surface area contributed by atoms with E-state index in [-0.39, 0.29) is 6.61 Å². The number of rotatable bonds is 7. The van der Waals surface area contributed by atoms with Gasteiger partial charge in [-0.25, -0.2) is 0 Å². The Morgan fingerprint density at radius 2 is 1.38 bits per heavy atom. The van der Waals surface area contributed by atoms with E-state index in [0.717, 1.165) is 20.8 Å². The molecule has 1 aromatic rings. The topological polar surface area (TPSA) is 144 Å². The van der Waals surface area contributed by atoms with Gasteiger partial charge in [0.25, 0.3) is 5.91 Å². The molecule has 0 aliphatic carbocycles. The zero-order valence-electron chi connectivity index (χ0n) is 18.1. The molecule has 0 unspecified atom stereocenters. The van der Waals surface area contributed by atoms with Gasteiger partial charge in [0.05, 0.1) is 6.04 Å². The molecule has 1 saturated heterocycles. The summed E-state index contributed by atoms with van der Waals surface area (Å²) in [5, 5.41) is 2.68. The summed E-state index contributed by atoms with van der Waals surface area (Å²) in [7, 11) is 0. The van der Waals surface area contributed by atoms with Crippen LogP contribution in [0.2, 0.25) is 0 Å². The largest absolute Gasteiger partial charge is 0.463 e. The highest BCUT2D eigenvalue weighted by atomic mass is 16.7. The maximum Gasteiger partial charge on any atom is 0.305 e. The zero-order chi connectivity index (χ0) is 23.8. The third-order valence-corrected chi connectivity index (χ3v) is 4.33. The van der Waals surface area contributed by atoms with Crippen molar-refractivity contribution in [3.05, 3.63) is 35.9 Å². The zero-order valence-corrected chi connectivity index (χ0v) is 18.1. The number of esters is 4. The van der Waals surface area contributed by atoms with Gasteiger partial charge < -0.3 is 29.0 Å². The van der Waals surface area contributed by atoms with Crippen molar-refractivity contribution in [3.63, 3.8) is 0 Å². The number of amides is 1. The first-order chi connectivity index (χ1) is 15.1. The number of ether oxygens (including phenoxy) is 5. The van der Waals surface area contributed by atoms with Gasteiger partial charge in [-0.05, 0) is 12.1 Å². The van der Waals surface area contributed by atoms with Crippen LogP contribution in [0.5, 0.6) is 0 Å². The third-order valence-electron chi connectivity index (χ3n) is 4.33. The summed E-state index contributed by atoms with van der Waals surface area (Å²) in [6.45, 7) is 4.16. The van der Waals surface area contributed by atoms with E-state index in [4.69, 9.17) is 23.7 Å². The number of hydrogen-bond acceptors (Lipinski definition) is 10. The summed E-state index contributed by atoms with van der Waals surface area (Å²) in [4.78, 5) is 59.3. The lowest BCUT2D eigenvalue weighted by molar-refractivity contribution is -0.278. The van der Waals surface area contributed by atoms with Crippen LogP contribution in [0.25, 0.3) is 0 Å². The summed E-state index contributed by atoms with van der Waals surface area (Å²) >= 11 is 0. The second-order valence-corrected chi connectivity index (χ2v) is 6.97. The molecule has 11 nitrogen and oxygen atoms in total. The van der Waals surface area contributed by atoms with Gasteiger partial charge in [0.2, 0.25) is 12.4 Å². The van der Waals surface area contributed by atoms with Crippen LogP contribution in [0.4, 0.5) is 0 Å². The van der Waals surface area contributed by atoms with E-state index in [0.29, 0.717) is 5.56 Å². The molecule has 0 spiro atoms. The molecule has 174 valence electrons. The van der Waals surface area contributed by atoms with Crippen LogP contribution in [0.15, 0.2) is 30.3 Å². The number of benzene rings is 1. The van der Waals surface area contributed by atoms with Crippen molar-refractivity contribution in [1.29, 1.82) is 0 Å². The van der Waals surface area contributed by atoms with Crippen molar-refractivity contribution in [3.8, 4) is 0 Å². The van der Waals surface area contributed by atoms with Gasteiger partial charge in [-0.1, -0.05) is 18.2 Å². The molecule has 1 aromatic carbocycles. The molecule has 0 radical (unpaired) electrons. The van der Waals surface area contributed by atoms with E-state index in [1.165, 1.54) is 6.92 Å². The van der Waals surface area contributed by atoms with Crippen LogP contribution in [0.3, 0.4) is 0 Å². The normalized spacial score (nSPS) is 24.6. The molecule has 1 aliphatic heterocycles. The van der Waals surface area contributed by atoms with Gasteiger partial charge in [-0.2, -0.15) is 0 Å². The summed E-state index contributed by atoms with van der Waals surface area (Å²) in [5.41, 5.74) is 0.298. The minimum atomic E-state index is -1.48. The van der Waals surface area contributed by atoms with Crippen molar-refractivity contribution in [2.24, 2.45) is 0 Å². The van der Waals surface area contributed by atoms with Crippen LogP contribution in [-0.4, -0.2) is 67.0 Å². The van der Waals surface area contributed by atoms with E-state index in [1.54, 1.807) is 30.3 Å². The first-order valence-corrected chi connectivity index (χ1v) is 9.75. The molecule has 1 amide bonds. The molecule has 5 atom stereocenters. The second kappa shape index (κ2) is 11.2. The van der Waals surface area contributed by atoms with E-state index in [9.17, 15) is 24.0 Å². The Balaban J connectivity index is 2.45.